The van der Waals surface area contributed by atoms with Crippen LogP contribution in [0.15, 0.2) is 42.5 Å². The lowest BCUT2D eigenvalue weighted by molar-refractivity contribution is -0.119. The highest BCUT2D eigenvalue weighted by atomic mass is 19.1. The zero-order valence-electron chi connectivity index (χ0n) is 15.3. The third kappa shape index (κ3) is 4.48. The second-order valence-electron chi connectivity index (χ2n) is 6.66. The second kappa shape index (κ2) is 8.43. The fourth-order valence-corrected chi connectivity index (χ4v) is 3.31. The van der Waals surface area contributed by atoms with Gasteiger partial charge in [0.1, 0.15) is 5.82 Å². The largest absolute Gasteiger partial charge is 0.371 e. The van der Waals surface area contributed by atoms with Gasteiger partial charge in [-0.05, 0) is 42.2 Å². The topological polar surface area (TPSA) is 41.6 Å². The first-order valence-electron chi connectivity index (χ1n) is 9.04. The average molecular weight is 356 g/mol. The molecule has 26 heavy (non-hydrogen) atoms. The van der Waals surface area contributed by atoms with Crippen LogP contribution in [0.1, 0.15) is 29.7 Å². The highest BCUT2D eigenvalue weighted by molar-refractivity contribution is 5.93. The minimum absolute atomic E-state index is 0.0197. The molecule has 1 amide bonds. The summed E-state index contributed by atoms with van der Waals surface area (Å²) in [5.74, 6) is -0.278. The lowest BCUT2D eigenvalue weighted by Gasteiger charge is -2.32. The number of nitrogens with one attached hydrogen (secondary N) is 1. The Balaban J connectivity index is 1.62. The van der Waals surface area contributed by atoms with Crippen molar-refractivity contribution in [2.24, 2.45) is 0 Å². The molecule has 0 radical (unpaired) electrons. The first-order chi connectivity index (χ1) is 12.6. The molecule has 1 aliphatic rings. The Kier molecular flexibility index (Phi) is 6.01. The summed E-state index contributed by atoms with van der Waals surface area (Å²) in [6.45, 7) is 6.29. The molecule has 0 saturated carbocycles. The maximum absolute atomic E-state index is 13.1. The molecule has 1 fully saturated rings. The lowest BCUT2D eigenvalue weighted by Crippen LogP contribution is -2.42. The van der Waals surface area contributed by atoms with Crippen molar-refractivity contribution in [2.45, 2.75) is 26.4 Å². The Morgan fingerprint density at radius 3 is 2.77 bits per heavy atom. The normalized spacial score (nSPS) is 17.9. The first-order valence-corrected chi connectivity index (χ1v) is 9.04. The van der Waals surface area contributed by atoms with Gasteiger partial charge < -0.3 is 10.1 Å². The van der Waals surface area contributed by atoms with E-state index in [1.165, 1.54) is 12.1 Å². The maximum atomic E-state index is 13.1. The Hall–Kier alpha value is -2.24. The molecule has 1 unspecified atom stereocenters. The molecule has 4 nitrogen and oxygen atoms in total. The summed E-state index contributed by atoms with van der Waals surface area (Å²) >= 11 is 0. The third-order valence-electron chi connectivity index (χ3n) is 4.76. The molecule has 0 bridgehead atoms. The van der Waals surface area contributed by atoms with Gasteiger partial charge in [0, 0.05) is 18.8 Å². The number of hydrogen-bond donors (Lipinski definition) is 1. The van der Waals surface area contributed by atoms with Crippen molar-refractivity contribution in [2.75, 3.05) is 31.6 Å². The van der Waals surface area contributed by atoms with E-state index in [4.69, 9.17) is 4.74 Å². The van der Waals surface area contributed by atoms with Gasteiger partial charge in [0.2, 0.25) is 5.91 Å². The quantitative estimate of drug-likeness (QED) is 0.888. The number of carbonyl (C=O) groups is 1. The molecule has 1 N–H and O–H groups in total. The van der Waals surface area contributed by atoms with Gasteiger partial charge in [0.05, 0.1) is 19.3 Å². The number of carbonyl (C=O) groups excluding carboxylic acids is 1. The van der Waals surface area contributed by atoms with Crippen LogP contribution in [-0.4, -0.2) is 37.0 Å². The molecular weight excluding hydrogens is 331 g/mol. The van der Waals surface area contributed by atoms with Crippen molar-refractivity contribution >= 4 is 11.6 Å². The Bertz CT molecular complexity index is 761. The van der Waals surface area contributed by atoms with Gasteiger partial charge in [-0.15, -0.1) is 0 Å². The van der Waals surface area contributed by atoms with Gasteiger partial charge in [-0.25, -0.2) is 4.39 Å². The van der Waals surface area contributed by atoms with Crippen molar-refractivity contribution in [3.05, 3.63) is 65.0 Å². The fraction of sp³-hybridized carbons (Fsp3) is 0.381. The third-order valence-corrected chi connectivity index (χ3v) is 4.76. The summed E-state index contributed by atoms with van der Waals surface area (Å²) in [7, 11) is 0. The number of para-hydroxylation sites is 1. The number of hydrogen-bond acceptors (Lipinski definition) is 3. The molecule has 1 saturated heterocycles. The molecular formula is C21H25FN2O2. The molecule has 138 valence electrons. The van der Waals surface area contributed by atoms with Crippen molar-refractivity contribution in [3.63, 3.8) is 0 Å². The minimum atomic E-state index is -0.259. The van der Waals surface area contributed by atoms with Gasteiger partial charge in [-0.3, -0.25) is 9.69 Å². The molecule has 2 aromatic rings. The second-order valence-corrected chi connectivity index (χ2v) is 6.66. The van der Waals surface area contributed by atoms with Gasteiger partial charge in [0.15, 0.2) is 0 Å². The SMILES string of the molecule is CCc1cccc(C)c1NC(=O)CN1CCOC(c2ccc(F)cc2)C1. The molecule has 0 aliphatic carbocycles. The lowest BCUT2D eigenvalue weighted by atomic mass is 10.1. The van der Waals surface area contributed by atoms with Crippen LogP contribution in [-0.2, 0) is 16.0 Å². The van der Waals surface area contributed by atoms with E-state index in [1.54, 1.807) is 12.1 Å². The van der Waals surface area contributed by atoms with Crippen LogP contribution in [0.25, 0.3) is 0 Å². The van der Waals surface area contributed by atoms with Crippen LogP contribution in [0.5, 0.6) is 0 Å². The zero-order chi connectivity index (χ0) is 18.5. The van der Waals surface area contributed by atoms with Crippen LogP contribution < -0.4 is 5.32 Å². The standard InChI is InChI=1S/C21H25FN2O2/c1-3-16-6-4-5-15(2)21(16)23-20(25)14-24-11-12-26-19(13-24)17-7-9-18(22)10-8-17/h4-10,19H,3,11-14H2,1-2H3,(H,23,25). The number of nitrogens with zero attached hydrogens (tertiary/aromatic N) is 1. The van der Waals surface area contributed by atoms with Gasteiger partial charge in [-0.1, -0.05) is 37.3 Å². The molecule has 1 atom stereocenters. The number of morpholine rings is 1. The highest BCUT2D eigenvalue weighted by Gasteiger charge is 2.23. The van der Waals surface area contributed by atoms with Crippen LogP contribution in [0.3, 0.4) is 0 Å². The van der Waals surface area contributed by atoms with Gasteiger partial charge in [-0.2, -0.15) is 0 Å². The van der Waals surface area contributed by atoms with E-state index in [0.29, 0.717) is 26.2 Å². The number of amides is 1. The van der Waals surface area contributed by atoms with E-state index in [1.807, 2.05) is 25.1 Å². The first kappa shape index (κ1) is 18.5. The van der Waals surface area contributed by atoms with E-state index in [9.17, 15) is 9.18 Å². The Morgan fingerprint density at radius 2 is 2.04 bits per heavy atom. The van der Waals surface area contributed by atoms with Crippen molar-refractivity contribution in [1.82, 2.24) is 4.90 Å². The van der Waals surface area contributed by atoms with Crippen LogP contribution in [0.4, 0.5) is 10.1 Å². The van der Waals surface area contributed by atoms with Gasteiger partial charge >= 0.3 is 0 Å². The molecule has 0 spiro atoms. The Labute approximate surface area is 154 Å². The summed E-state index contributed by atoms with van der Waals surface area (Å²) in [6, 6.07) is 12.4. The summed E-state index contributed by atoms with van der Waals surface area (Å²) < 4.78 is 18.9. The predicted octanol–water partition coefficient (Wildman–Crippen LogP) is 3.71. The number of rotatable bonds is 5. The molecule has 2 aromatic carbocycles. The summed E-state index contributed by atoms with van der Waals surface area (Å²) in [5.41, 5.74) is 4.07. The van der Waals surface area contributed by atoms with Crippen molar-refractivity contribution in [3.8, 4) is 0 Å². The number of ether oxygens (including phenoxy) is 1. The van der Waals surface area contributed by atoms with E-state index in [-0.39, 0.29) is 17.8 Å². The number of anilines is 1. The van der Waals surface area contributed by atoms with Crippen LogP contribution >= 0.6 is 0 Å². The molecule has 5 heteroatoms. The summed E-state index contributed by atoms with van der Waals surface area (Å²) in [6.07, 6.45) is 0.739. The average Bonchev–Trinajstić information content (AvgIpc) is 2.64. The van der Waals surface area contributed by atoms with Crippen molar-refractivity contribution < 1.29 is 13.9 Å². The number of halogens is 1. The number of benzene rings is 2. The van der Waals surface area contributed by atoms with Crippen LogP contribution in [0, 0.1) is 12.7 Å². The molecule has 3 rings (SSSR count). The number of aryl methyl sites for hydroxylation is 2. The molecule has 1 aliphatic heterocycles. The van der Waals surface area contributed by atoms with E-state index in [2.05, 4.69) is 17.1 Å². The molecule has 0 aromatic heterocycles. The van der Waals surface area contributed by atoms with E-state index in [0.717, 1.165) is 28.8 Å². The highest BCUT2D eigenvalue weighted by Crippen LogP contribution is 2.23. The molecule has 1 heterocycles. The zero-order valence-corrected chi connectivity index (χ0v) is 15.3. The fourth-order valence-electron chi connectivity index (χ4n) is 3.31. The van der Waals surface area contributed by atoms with Crippen molar-refractivity contribution in [1.29, 1.82) is 0 Å². The van der Waals surface area contributed by atoms with E-state index < -0.39 is 0 Å². The van der Waals surface area contributed by atoms with Crippen LogP contribution in [0.2, 0.25) is 0 Å². The predicted molar refractivity (Wildman–Crippen MR) is 101 cm³/mol. The monoisotopic (exact) mass is 356 g/mol. The maximum Gasteiger partial charge on any atom is 0.238 e. The minimum Gasteiger partial charge on any atom is -0.371 e. The summed E-state index contributed by atoms with van der Waals surface area (Å²) in [5, 5.41) is 3.07. The van der Waals surface area contributed by atoms with Gasteiger partial charge in [0.25, 0.3) is 0 Å². The summed E-state index contributed by atoms with van der Waals surface area (Å²) in [4.78, 5) is 14.6. The Morgan fingerprint density at radius 1 is 1.27 bits per heavy atom. The smallest absolute Gasteiger partial charge is 0.238 e. The van der Waals surface area contributed by atoms with E-state index >= 15 is 0 Å².